The molecule has 0 saturated carbocycles. The highest BCUT2D eigenvalue weighted by molar-refractivity contribution is 5.78. The van der Waals surface area contributed by atoms with Crippen molar-refractivity contribution in [2.24, 2.45) is 0 Å². The van der Waals surface area contributed by atoms with E-state index >= 15 is 0 Å². The van der Waals surface area contributed by atoms with Gasteiger partial charge in [-0.1, -0.05) is 32.0 Å². The number of carbonyl (C=O) groups is 1. The molecule has 20 heavy (non-hydrogen) atoms. The number of rotatable bonds is 6. The summed E-state index contributed by atoms with van der Waals surface area (Å²) in [7, 11) is 1.66. The molecule has 0 aliphatic heterocycles. The van der Waals surface area contributed by atoms with E-state index in [1.165, 1.54) is 0 Å². The molecule has 0 spiro atoms. The third kappa shape index (κ3) is 2.59. The van der Waals surface area contributed by atoms with Gasteiger partial charge in [0.25, 0.3) is 0 Å². The number of aromatic nitrogens is 2. The number of carbonyl (C=O) groups excluding carboxylic acids is 1. The fraction of sp³-hybridized carbons (Fsp3) is 0.375. The Hall–Kier alpha value is -2.10. The fourth-order valence-corrected chi connectivity index (χ4v) is 2.46. The van der Waals surface area contributed by atoms with Crippen molar-refractivity contribution in [3.8, 4) is 5.75 Å². The lowest BCUT2D eigenvalue weighted by Crippen LogP contribution is -2.07. The quantitative estimate of drug-likeness (QED) is 0.759. The Morgan fingerprint density at radius 3 is 2.60 bits per heavy atom. The Labute approximate surface area is 119 Å². The minimum atomic E-state index is 0.619. The van der Waals surface area contributed by atoms with E-state index in [9.17, 15) is 4.79 Å². The van der Waals surface area contributed by atoms with Crippen molar-refractivity contribution in [1.29, 1.82) is 0 Å². The van der Waals surface area contributed by atoms with Crippen LogP contribution in [-0.2, 0) is 19.4 Å². The van der Waals surface area contributed by atoms with Crippen LogP contribution in [0, 0.1) is 0 Å². The summed E-state index contributed by atoms with van der Waals surface area (Å²) >= 11 is 0. The summed E-state index contributed by atoms with van der Waals surface area (Å²) in [5.74, 6) is 0.843. The molecule has 0 saturated heterocycles. The van der Waals surface area contributed by atoms with Crippen molar-refractivity contribution in [3.05, 3.63) is 46.8 Å². The van der Waals surface area contributed by atoms with Gasteiger partial charge in [0, 0.05) is 11.3 Å². The molecule has 0 fully saturated rings. The smallest absolute Gasteiger partial charge is 0.153 e. The van der Waals surface area contributed by atoms with E-state index < -0.39 is 0 Å². The minimum absolute atomic E-state index is 0.619. The van der Waals surface area contributed by atoms with E-state index in [1.807, 2.05) is 42.8 Å². The fourth-order valence-electron chi connectivity index (χ4n) is 2.46. The molecule has 0 aliphatic rings. The van der Waals surface area contributed by atoms with Gasteiger partial charge in [-0.15, -0.1) is 0 Å². The Morgan fingerprint density at radius 1 is 1.25 bits per heavy atom. The van der Waals surface area contributed by atoms with Crippen molar-refractivity contribution in [2.45, 2.75) is 33.2 Å². The van der Waals surface area contributed by atoms with E-state index in [0.29, 0.717) is 6.54 Å². The van der Waals surface area contributed by atoms with Gasteiger partial charge in [-0.25, -0.2) is 0 Å². The molecule has 0 radical (unpaired) electrons. The first kappa shape index (κ1) is 14.3. The Kier molecular flexibility index (Phi) is 4.56. The third-order valence-electron chi connectivity index (χ3n) is 3.48. The molecule has 0 N–H and O–H groups in total. The molecule has 2 aromatic rings. The number of hydrogen-bond donors (Lipinski definition) is 0. The second-order valence-corrected chi connectivity index (χ2v) is 4.60. The van der Waals surface area contributed by atoms with Gasteiger partial charge in [-0.2, -0.15) is 5.10 Å². The first-order chi connectivity index (χ1) is 9.74. The van der Waals surface area contributed by atoms with E-state index in [4.69, 9.17) is 4.74 Å². The van der Waals surface area contributed by atoms with Crippen LogP contribution >= 0.6 is 0 Å². The zero-order valence-electron chi connectivity index (χ0n) is 12.2. The topological polar surface area (TPSA) is 44.1 Å². The van der Waals surface area contributed by atoms with Crippen molar-refractivity contribution < 1.29 is 9.53 Å². The highest BCUT2D eigenvalue weighted by Crippen LogP contribution is 2.21. The van der Waals surface area contributed by atoms with Gasteiger partial charge in [0.15, 0.2) is 6.29 Å². The molecule has 0 atom stereocenters. The van der Waals surface area contributed by atoms with Gasteiger partial charge in [0.2, 0.25) is 0 Å². The predicted octanol–water partition coefficient (Wildman–Crippen LogP) is 2.88. The summed E-state index contributed by atoms with van der Waals surface area (Å²) in [4.78, 5) is 11.3. The SMILES string of the molecule is CCc1nn(Cc2ccccc2OC)c(CC)c1C=O. The van der Waals surface area contributed by atoms with Crippen molar-refractivity contribution in [2.75, 3.05) is 7.11 Å². The second kappa shape index (κ2) is 6.37. The Morgan fingerprint density at radius 2 is 2.00 bits per heavy atom. The number of ether oxygens (including phenoxy) is 1. The summed E-state index contributed by atoms with van der Waals surface area (Å²) in [6.07, 6.45) is 2.47. The normalized spacial score (nSPS) is 10.6. The number of nitrogens with zero attached hydrogens (tertiary/aromatic N) is 2. The maximum absolute atomic E-state index is 11.3. The van der Waals surface area contributed by atoms with Crippen LogP contribution in [0.25, 0.3) is 0 Å². The second-order valence-electron chi connectivity index (χ2n) is 4.60. The molecule has 0 aliphatic carbocycles. The molecule has 1 aromatic carbocycles. The van der Waals surface area contributed by atoms with E-state index in [1.54, 1.807) is 7.11 Å². The number of hydrogen-bond acceptors (Lipinski definition) is 3. The van der Waals surface area contributed by atoms with Gasteiger partial charge in [-0.3, -0.25) is 9.48 Å². The summed E-state index contributed by atoms with van der Waals surface area (Å²) < 4.78 is 7.29. The Bertz CT molecular complexity index is 603. The molecule has 4 heteroatoms. The van der Waals surface area contributed by atoms with Gasteiger partial charge in [0.05, 0.1) is 24.9 Å². The number of benzene rings is 1. The molecule has 0 bridgehead atoms. The largest absolute Gasteiger partial charge is 0.496 e. The van der Waals surface area contributed by atoms with Gasteiger partial charge < -0.3 is 4.74 Å². The first-order valence-corrected chi connectivity index (χ1v) is 6.90. The summed E-state index contributed by atoms with van der Waals surface area (Å²) in [6.45, 7) is 4.68. The van der Waals surface area contributed by atoms with Gasteiger partial charge in [0.1, 0.15) is 5.75 Å². The number of aryl methyl sites for hydroxylation is 1. The maximum atomic E-state index is 11.3. The molecular weight excluding hydrogens is 252 g/mol. The lowest BCUT2D eigenvalue weighted by atomic mass is 10.1. The highest BCUT2D eigenvalue weighted by atomic mass is 16.5. The van der Waals surface area contributed by atoms with E-state index in [-0.39, 0.29) is 0 Å². The number of aldehydes is 1. The Balaban J connectivity index is 2.43. The van der Waals surface area contributed by atoms with Crippen molar-refractivity contribution in [1.82, 2.24) is 9.78 Å². The summed E-state index contributed by atoms with van der Waals surface area (Å²) in [5, 5.41) is 4.57. The molecule has 4 nitrogen and oxygen atoms in total. The van der Waals surface area contributed by atoms with Crippen LogP contribution in [0.3, 0.4) is 0 Å². The van der Waals surface area contributed by atoms with Gasteiger partial charge in [-0.05, 0) is 18.9 Å². The molecular formula is C16H20N2O2. The highest BCUT2D eigenvalue weighted by Gasteiger charge is 2.15. The number of para-hydroxylation sites is 1. The van der Waals surface area contributed by atoms with Crippen LogP contribution in [0.5, 0.6) is 5.75 Å². The molecule has 1 aromatic heterocycles. The average Bonchev–Trinajstić information content (AvgIpc) is 2.84. The third-order valence-corrected chi connectivity index (χ3v) is 3.48. The van der Waals surface area contributed by atoms with Crippen LogP contribution in [-0.4, -0.2) is 23.2 Å². The van der Waals surface area contributed by atoms with Crippen molar-refractivity contribution in [3.63, 3.8) is 0 Å². The van der Waals surface area contributed by atoms with Crippen LogP contribution in [0.2, 0.25) is 0 Å². The zero-order valence-corrected chi connectivity index (χ0v) is 12.2. The zero-order chi connectivity index (χ0) is 14.5. The monoisotopic (exact) mass is 272 g/mol. The van der Waals surface area contributed by atoms with Crippen LogP contribution < -0.4 is 4.74 Å². The van der Waals surface area contributed by atoms with E-state index in [2.05, 4.69) is 5.10 Å². The minimum Gasteiger partial charge on any atom is -0.496 e. The van der Waals surface area contributed by atoms with Crippen LogP contribution in [0.1, 0.15) is 41.2 Å². The summed E-state index contributed by atoms with van der Waals surface area (Å²) in [6, 6.07) is 7.88. The standard InChI is InChI=1S/C16H20N2O2/c1-4-14-13(11-19)15(5-2)18(17-14)10-12-8-6-7-9-16(12)20-3/h6-9,11H,4-5,10H2,1-3H3. The predicted molar refractivity (Wildman–Crippen MR) is 78.5 cm³/mol. The van der Waals surface area contributed by atoms with Gasteiger partial charge >= 0.3 is 0 Å². The van der Waals surface area contributed by atoms with Crippen LogP contribution in [0.4, 0.5) is 0 Å². The van der Waals surface area contributed by atoms with Crippen molar-refractivity contribution >= 4 is 6.29 Å². The lowest BCUT2D eigenvalue weighted by Gasteiger charge is -2.10. The average molecular weight is 272 g/mol. The molecule has 106 valence electrons. The van der Waals surface area contributed by atoms with Crippen LogP contribution in [0.15, 0.2) is 24.3 Å². The summed E-state index contributed by atoms with van der Waals surface area (Å²) in [5.41, 5.74) is 3.66. The first-order valence-electron chi connectivity index (χ1n) is 6.90. The molecule has 2 rings (SSSR count). The molecule has 0 amide bonds. The lowest BCUT2D eigenvalue weighted by molar-refractivity contribution is 0.112. The van der Waals surface area contributed by atoms with E-state index in [0.717, 1.165) is 47.4 Å². The molecule has 1 heterocycles. The maximum Gasteiger partial charge on any atom is 0.153 e. The molecule has 0 unspecified atom stereocenters. The number of methoxy groups -OCH3 is 1.